The number of benzene rings is 5. The van der Waals surface area contributed by atoms with Crippen molar-refractivity contribution < 1.29 is 33.3 Å². The average molecular weight is 898 g/mol. The fraction of sp³-hybridized carbons (Fsp3) is 0.320. The second-order valence-electron chi connectivity index (χ2n) is 17.1. The van der Waals surface area contributed by atoms with Gasteiger partial charge in [-0.3, -0.25) is 24.3 Å². The zero-order valence-corrected chi connectivity index (χ0v) is 38.4. The zero-order chi connectivity index (χ0) is 44.7. The lowest BCUT2D eigenvalue weighted by atomic mass is 10.1. The predicted molar refractivity (Wildman–Crippen MR) is 257 cm³/mol. The summed E-state index contributed by atoms with van der Waals surface area (Å²) in [6, 6.07) is 28.7. The highest BCUT2D eigenvalue weighted by Gasteiger charge is 2.40. The number of amides is 3. The van der Waals surface area contributed by atoms with Crippen LogP contribution in [-0.4, -0.2) is 74.8 Å². The van der Waals surface area contributed by atoms with E-state index in [0.717, 1.165) is 40.2 Å². The van der Waals surface area contributed by atoms with Gasteiger partial charge in [0.1, 0.15) is 13.2 Å². The molecule has 0 saturated carbocycles. The molecule has 0 saturated heterocycles. The number of rotatable bonds is 14. The summed E-state index contributed by atoms with van der Waals surface area (Å²) in [5, 5.41) is 3.12. The number of para-hydroxylation sites is 2. The van der Waals surface area contributed by atoms with Crippen LogP contribution in [0.4, 0.5) is 28.4 Å². The second-order valence-corrected chi connectivity index (χ2v) is 20.2. The lowest BCUT2D eigenvalue weighted by Gasteiger charge is -2.25. The fourth-order valence-corrected chi connectivity index (χ4v) is 11.4. The van der Waals surface area contributed by atoms with Crippen LogP contribution in [0.3, 0.4) is 0 Å². The van der Waals surface area contributed by atoms with Crippen LogP contribution in [-0.2, 0) is 30.8 Å². The number of ether oxygens (including phenoxy) is 4. The third-order valence-corrected chi connectivity index (χ3v) is 14.9. The summed E-state index contributed by atoms with van der Waals surface area (Å²) in [6.07, 6.45) is 6.41. The number of nitrogens with zero attached hydrogens (tertiary/aromatic N) is 4. The van der Waals surface area contributed by atoms with E-state index in [1.165, 1.54) is 5.56 Å². The summed E-state index contributed by atoms with van der Waals surface area (Å²) in [5.41, 5.74) is 8.49. The minimum atomic E-state index is -0.188. The molecule has 330 valence electrons. The number of hydrogen-bond acceptors (Lipinski definition) is 11. The number of hydrogen-bond donors (Lipinski definition) is 1. The Labute approximate surface area is 381 Å². The Morgan fingerprint density at radius 2 is 1.38 bits per heavy atom. The van der Waals surface area contributed by atoms with E-state index in [1.54, 1.807) is 58.9 Å². The van der Waals surface area contributed by atoms with Crippen molar-refractivity contribution in [2.24, 2.45) is 4.99 Å². The van der Waals surface area contributed by atoms with Gasteiger partial charge in [0.15, 0.2) is 23.0 Å². The van der Waals surface area contributed by atoms with Gasteiger partial charge in [-0.25, -0.2) is 0 Å². The molecule has 5 aromatic carbocycles. The molecule has 14 heteroatoms. The molecular weight excluding hydrogens is 847 g/mol. The number of fused-ring (bicyclic) bond motifs is 8. The van der Waals surface area contributed by atoms with Gasteiger partial charge in [0.05, 0.1) is 48.8 Å². The van der Waals surface area contributed by atoms with Gasteiger partial charge >= 0.3 is 0 Å². The van der Waals surface area contributed by atoms with E-state index in [2.05, 4.69) is 30.1 Å². The van der Waals surface area contributed by atoms with Gasteiger partial charge in [-0.05, 0) is 97.7 Å². The third-order valence-electron chi connectivity index (χ3n) is 12.2. The van der Waals surface area contributed by atoms with Crippen molar-refractivity contribution in [1.29, 1.82) is 0 Å². The Balaban J connectivity index is 0.978. The van der Waals surface area contributed by atoms with Gasteiger partial charge in [-0.15, -0.1) is 0 Å². The van der Waals surface area contributed by atoms with Crippen molar-refractivity contribution in [2.45, 2.75) is 69.6 Å². The summed E-state index contributed by atoms with van der Waals surface area (Å²) in [6.45, 7) is 5.17. The molecule has 0 spiro atoms. The Bertz CT molecular complexity index is 2690. The molecule has 0 aliphatic carbocycles. The first kappa shape index (κ1) is 43.1. The van der Waals surface area contributed by atoms with Crippen LogP contribution in [0.25, 0.3) is 0 Å². The summed E-state index contributed by atoms with van der Waals surface area (Å²) in [4.78, 5) is 52.2. The highest BCUT2D eigenvalue weighted by Crippen LogP contribution is 2.44. The quantitative estimate of drug-likeness (QED) is 0.108. The van der Waals surface area contributed by atoms with Gasteiger partial charge in [0, 0.05) is 66.6 Å². The molecule has 1 N–H and O–H groups in total. The van der Waals surface area contributed by atoms with Crippen molar-refractivity contribution in [3.8, 4) is 23.0 Å². The molecule has 4 aliphatic rings. The molecule has 0 unspecified atom stereocenters. The highest BCUT2D eigenvalue weighted by atomic mass is 33.1. The average Bonchev–Trinajstić information content (AvgIpc) is 3.79. The molecule has 4 heterocycles. The summed E-state index contributed by atoms with van der Waals surface area (Å²) in [5.74, 6) is 1.43. The van der Waals surface area contributed by atoms with E-state index in [9.17, 15) is 14.4 Å². The lowest BCUT2D eigenvalue weighted by molar-refractivity contribution is -0.116. The number of aliphatic imine (C=N–C) groups is 1. The van der Waals surface area contributed by atoms with Crippen molar-refractivity contribution >= 4 is 74.0 Å². The van der Waals surface area contributed by atoms with Crippen LogP contribution in [0.2, 0.25) is 0 Å². The molecule has 4 aliphatic heterocycles. The van der Waals surface area contributed by atoms with E-state index >= 15 is 0 Å². The van der Waals surface area contributed by atoms with Crippen LogP contribution in [0, 0.1) is 0 Å². The van der Waals surface area contributed by atoms with Gasteiger partial charge in [-0.1, -0.05) is 58.0 Å². The maximum absolute atomic E-state index is 14.2. The van der Waals surface area contributed by atoms with Gasteiger partial charge in [0.25, 0.3) is 11.8 Å². The first-order valence-corrected chi connectivity index (χ1v) is 23.9. The Hall–Kier alpha value is -6.12. The third kappa shape index (κ3) is 8.48. The number of likely N-dealkylation sites (N-methyl/N-ethyl adjacent to an activating group) is 1. The van der Waals surface area contributed by atoms with E-state index in [0.29, 0.717) is 71.3 Å². The Morgan fingerprint density at radius 1 is 0.766 bits per heavy atom. The number of nitrogens with one attached hydrogen (secondary N) is 1. The van der Waals surface area contributed by atoms with E-state index in [4.69, 9.17) is 23.9 Å². The number of methoxy groups -OCH3 is 2. The van der Waals surface area contributed by atoms with E-state index in [-0.39, 0.29) is 47.8 Å². The van der Waals surface area contributed by atoms with Crippen molar-refractivity contribution in [3.05, 3.63) is 124 Å². The topological polar surface area (TPSA) is 122 Å². The van der Waals surface area contributed by atoms with Crippen molar-refractivity contribution in [3.63, 3.8) is 0 Å². The zero-order valence-electron chi connectivity index (χ0n) is 36.8. The minimum absolute atomic E-state index is 0.00322. The van der Waals surface area contributed by atoms with Crippen LogP contribution in [0.5, 0.6) is 23.0 Å². The van der Waals surface area contributed by atoms with Crippen LogP contribution in [0.1, 0.15) is 69.7 Å². The molecule has 0 fully saturated rings. The largest absolute Gasteiger partial charge is 0.493 e. The normalized spacial score (nSPS) is 17.1. The molecule has 0 bridgehead atoms. The number of anilines is 4. The number of carbonyl (C=O) groups excluding carboxylic acids is 3. The maximum atomic E-state index is 14.2. The van der Waals surface area contributed by atoms with Crippen LogP contribution in [0.15, 0.2) is 96.0 Å². The standard InChI is InChI=1S/C50H51N5O7S2/c1-50(2,64-63-6)16-15-47(56)52-34-18-30(28-61-45-24-39-37(22-43(45)59-4)48(57)54-35(26-51-39)20-32-11-7-9-13-40(32)54)17-31(19-34)29-62-46-25-42-38(23-44(46)60-5)49(58)55-36(27-53(42)3)21-33-12-8-10-14-41(33)55/h7-14,17-19,22-26,35-36H,15-16,20-21,27-29H2,1-6H3,(H,52,56)/t35-,36-/m0/s1. The molecule has 9 rings (SSSR count). The van der Waals surface area contributed by atoms with E-state index < -0.39 is 0 Å². The monoisotopic (exact) mass is 897 g/mol. The molecule has 64 heavy (non-hydrogen) atoms. The van der Waals surface area contributed by atoms with Crippen molar-refractivity contribution in [1.82, 2.24) is 0 Å². The molecule has 12 nitrogen and oxygen atoms in total. The Morgan fingerprint density at radius 3 is 2.05 bits per heavy atom. The first-order valence-electron chi connectivity index (χ1n) is 21.4. The highest BCUT2D eigenvalue weighted by molar-refractivity contribution is 8.76. The lowest BCUT2D eigenvalue weighted by Crippen LogP contribution is -2.41. The smallest absolute Gasteiger partial charge is 0.261 e. The Kier molecular flexibility index (Phi) is 12.0. The van der Waals surface area contributed by atoms with Crippen LogP contribution >= 0.6 is 21.6 Å². The summed E-state index contributed by atoms with van der Waals surface area (Å²) < 4.78 is 24.5. The molecule has 3 amide bonds. The molecule has 2 atom stereocenters. The number of carbonyl (C=O) groups is 3. The maximum Gasteiger partial charge on any atom is 0.261 e. The molecule has 0 radical (unpaired) electrons. The minimum Gasteiger partial charge on any atom is -0.493 e. The van der Waals surface area contributed by atoms with Crippen molar-refractivity contribution in [2.75, 3.05) is 54.1 Å². The first-order chi connectivity index (χ1) is 30.9. The summed E-state index contributed by atoms with van der Waals surface area (Å²) >= 11 is 0. The second kappa shape index (κ2) is 17.8. The molecule has 5 aromatic rings. The molecular formula is C50H51N5O7S2. The van der Waals surface area contributed by atoms with Gasteiger partial charge < -0.3 is 34.1 Å². The SMILES string of the molecule is COc1cc2c(cc1OCc1cc(COc3cc4c(cc3OC)C(=O)N3c5ccccc5C[C@H]3CN4C)cc(NC(=O)CCC(C)(C)SSC)c1)N=C[C@@H]1Cc3ccccc3N1C2=O. The van der Waals surface area contributed by atoms with Gasteiger partial charge in [0.2, 0.25) is 5.91 Å². The molecule has 0 aromatic heterocycles. The van der Waals surface area contributed by atoms with Gasteiger partial charge in [-0.2, -0.15) is 0 Å². The van der Waals surface area contributed by atoms with Crippen LogP contribution < -0.4 is 39.0 Å². The summed E-state index contributed by atoms with van der Waals surface area (Å²) in [7, 11) is 8.56. The van der Waals surface area contributed by atoms with E-state index in [1.807, 2.05) is 91.1 Å². The fourth-order valence-electron chi connectivity index (χ4n) is 9.15. The predicted octanol–water partition coefficient (Wildman–Crippen LogP) is 9.68.